The number of nitrogens with one attached hydrogen (secondary N) is 1. The predicted octanol–water partition coefficient (Wildman–Crippen LogP) is 1.66. The van der Waals surface area contributed by atoms with Crippen molar-refractivity contribution in [3.05, 3.63) is 23.4 Å². The van der Waals surface area contributed by atoms with Gasteiger partial charge in [0.1, 0.15) is 11.4 Å². The molecule has 1 aromatic rings. The number of aromatic nitrogens is 1. The van der Waals surface area contributed by atoms with Crippen LogP contribution in [0.3, 0.4) is 0 Å². The topological polar surface area (TPSA) is 82.5 Å². The zero-order chi connectivity index (χ0) is 13.1. The number of nitrogens with zero attached hydrogens (tertiary/aromatic N) is 1. The van der Waals surface area contributed by atoms with Crippen LogP contribution < -0.4 is 5.32 Å². The van der Waals surface area contributed by atoms with Gasteiger partial charge in [0.15, 0.2) is 0 Å². The molecular formula is C12H18N2O3. The van der Waals surface area contributed by atoms with E-state index in [2.05, 4.69) is 10.3 Å². The maximum absolute atomic E-state index is 11.2. The van der Waals surface area contributed by atoms with E-state index in [1.807, 2.05) is 13.8 Å². The Morgan fingerprint density at radius 1 is 1.53 bits per heavy atom. The summed E-state index contributed by atoms with van der Waals surface area (Å²) in [5.41, 5.74) is 0.438. The van der Waals surface area contributed by atoms with E-state index in [4.69, 9.17) is 10.2 Å². The Morgan fingerprint density at radius 3 is 2.71 bits per heavy atom. The summed E-state index contributed by atoms with van der Waals surface area (Å²) in [6, 6.07) is 1.66. The lowest BCUT2D eigenvalue weighted by atomic mass is 10.0. The van der Waals surface area contributed by atoms with Crippen molar-refractivity contribution >= 4 is 11.8 Å². The van der Waals surface area contributed by atoms with Crippen LogP contribution in [0.4, 0.5) is 5.82 Å². The third-order valence-corrected chi connectivity index (χ3v) is 2.57. The third-order valence-electron chi connectivity index (χ3n) is 2.57. The van der Waals surface area contributed by atoms with Crippen LogP contribution >= 0.6 is 0 Å². The summed E-state index contributed by atoms with van der Waals surface area (Å²) in [5, 5.41) is 21.1. The molecule has 0 radical (unpaired) electrons. The van der Waals surface area contributed by atoms with Crippen molar-refractivity contribution in [1.29, 1.82) is 0 Å². The minimum atomic E-state index is -1.00. The molecule has 1 rings (SSSR count). The predicted molar refractivity (Wildman–Crippen MR) is 65.3 cm³/mol. The van der Waals surface area contributed by atoms with Crippen LogP contribution in [0.5, 0.6) is 0 Å². The van der Waals surface area contributed by atoms with Crippen molar-refractivity contribution in [2.75, 3.05) is 11.9 Å². The van der Waals surface area contributed by atoms with Gasteiger partial charge in [-0.25, -0.2) is 9.78 Å². The van der Waals surface area contributed by atoms with Gasteiger partial charge in [0.05, 0.1) is 0 Å². The van der Waals surface area contributed by atoms with Gasteiger partial charge in [-0.05, 0) is 38.8 Å². The first-order valence-corrected chi connectivity index (χ1v) is 5.45. The number of carboxylic acid groups (broad SMARTS) is 1. The lowest BCUT2D eigenvalue weighted by Crippen LogP contribution is -2.33. The molecule has 94 valence electrons. The lowest BCUT2D eigenvalue weighted by molar-refractivity contribution is 0.0696. The van der Waals surface area contributed by atoms with Crippen molar-refractivity contribution in [3.63, 3.8) is 0 Å². The van der Waals surface area contributed by atoms with Crippen LogP contribution in [0, 0.1) is 6.92 Å². The van der Waals surface area contributed by atoms with Gasteiger partial charge >= 0.3 is 5.97 Å². The fourth-order valence-corrected chi connectivity index (χ4v) is 1.59. The van der Waals surface area contributed by atoms with E-state index in [-0.39, 0.29) is 12.2 Å². The Balaban J connectivity index is 3.06. The number of hydrogen-bond acceptors (Lipinski definition) is 4. The molecule has 0 saturated heterocycles. The summed E-state index contributed by atoms with van der Waals surface area (Å²) in [5.74, 6) is -0.658. The highest BCUT2D eigenvalue weighted by atomic mass is 16.4. The highest BCUT2D eigenvalue weighted by molar-refractivity contribution is 5.94. The fourth-order valence-electron chi connectivity index (χ4n) is 1.59. The van der Waals surface area contributed by atoms with Gasteiger partial charge in [0, 0.05) is 18.3 Å². The molecule has 0 aliphatic rings. The zero-order valence-electron chi connectivity index (χ0n) is 10.3. The average molecular weight is 238 g/mol. The van der Waals surface area contributed by atoms with Crippen LogP contribution in [0.2, 0.25) is 0 Å². The second kappa shape index (κ2) is 5.14. The Bertz CT molecular complexity index is 416. The number of pyridine rings is 1. The van der Waals surface area contributed by atoms with Crippen LogP contribution in [0.1, 0.15) is 36.2 Å². The minimum Gasteiger partial charge on any atom is -0.478 e. The molecule has 1 aromatic heterocycles. The standard InChI is InChI=1S/C12H18N2O3/c1-8-4-6-13-10(9(8)11(16)17)14-12(2,3)5-7-15/h4,6,15H,5,7H2,1-3H3,(H,13,14)(H,16,17). The van der Waals surface area contributed by atoms with Gasteiger partial charge in [0.25, 0.3) is 0 Å². The highest BCUT2D eigenvalue weighted by Crippen LogP contribution is 2.22. The molecule has 0 fully saturated rings. The molecule has 3 N–H and O–H groups in total. The van der Waals surface area contributed by atoms with Crippen LogP contribution in [-0.4, -0.2) is 33.3 Å². The van der Waals surface area contributed by atoms with E-state index in [1.54, 1.807) is 19.2 Å². The molecule has 0 aromatic carbocycles. The minimum absolute atomic E-state index is 0.0359. The third kappa shape index (κ3) is 3.42. The van der Waals surface area contributed by atoms with E-state index in [0.29, 0.717) is 17.8 Å². The number of hydrogen-bond donors (Lipinski definition) is 3. The molecule has 0 atom stereocenters. The summed E-state index contributed by atoms with van der Waals surface area (Å²) in [4.78, 5) is 15.2. The van der Waals surface area contributed by atoms with Crippen molar-refractivity contribution in [2.24, 2.45) is 0 Å². The van der Waals surface area contributed by atoms with Gasteiger partial charge in [-0.1, -0.05) is 0 Å². The van der Waals surface area contributed by atoms with Gasteiger partial charge in [0.2, 0.25) is 0 Å². The number of aliphatic hydroxyl groups is 1. The number of carbonyl (C=O) groups is 1. The first kappa shape index (κ1) is 13.4. The summed E-state index contributed by atoms with van der Waals surface area (Å²) < 4.78 is 0. The molecule has 17 heavy (non-hydrogen) atoms. The second-order valence-corrected chi connectivity index (χ2v) is 4.64. The first-order valence-electron chi connectivity index (χ1n) is 5.45. The lowest BCUT2D eigenvalue weighted by Gasteiger charge is -2.27. The molecule has 5 nitrogen and oxygen atoms in total. The monoisotopic (exact) mass is 238 g/mol. The average Bonchev–Trinajstić information content (AvgIpc) is 2.15. The first-order chi connectivity index (χ1) is 7.87. The van der Waals surface area contributed by atoms with Gasteiger partial charge in [-0.2, -0.15) is 0 Å². The molecule has 5 heteroatoms. The number of aliphatic hydroxyl groups excluding tert-OH is 1. The maximum Gasteiger partial charge on any atom is 0.339 e. The van der Waals surface area contributed by atoms with Crippen molar-refractivity contribution in [3.8, 4) is 0 Å². The van der Waals surface area contributed by atoms with Crippen molar-refractivity contribution < 1.29 is 15.0 Å². The zero-order valence-corrected chi connectivity index (χ0v) is 10.3. The molecule has 0 unspecified atom stereocenters. The Hall–Kier alpha value is -1.62. The largest absolute Gasteiger partial charge is 0.478 e. The van der Waals surface area contributed by atoms with E-state index < -0.39 is 11.5 Å². The molecule has 0 bridgehead atoms. The molecule has 0 saturated carbocycles. The van der Waals surface area contributed by atoms with Gasteiger partial charge in [-0.3, -0.25) is 0 Å². The summed E-state index contributed by atoms with van der Waals surface area (Å²) >= 11 is 0. The normalized spacial score (nSPS) is 11.3. The highest BCUT2D eigenvalue weighted by Gasteiger charge is 2.22. The quantitative estimate of drug-likeness (QED) is 0.726. The van der Waals surface area contributed by atoms with E-state index >= 15 is 0 Å². The van der Waals surface area contributed by atoms with Crippen LogP contribution in [-0.2, 0) is 0 Å². The Kier molecular flexibility index (Phi) is 4.07. The van der Waals surface area contributed by atoms with Crippen molar-refractivity contribution in [1.82, 2.24) is 4.98 Å². The van der Waals surface area contributed by atoms with Crippen molar-refractivity contribution in [2.45, 2.75) is 32.7 Å². The Labute approximate surface area is 101 Å². The molecule has 0 aliphatic heterocycles. The number of aryl methyl sites for hydroxylation is 1. The molecule has 1 heterocycles. The van der Waals surface area contributed by atoms with Crippen LogP contribution in [0.25, 0.3) is 0 Å². The summed E-state index contributed by atoms with van der Waals surface area (Å²) in [6.45, 7) is 5.54. The smallest absolute Gasteiger partial charge is 0.339 e. The van der Waals surface area contributed by atoms with E-state index in [9.17, 15) is 4.79 Å². The molecular weight excluding hydrogens is 220 g/mol. The van der Waals surface area contributed by atoms with E-state index in [0.717, 1.165) is 0 Å². The summed E-state index contributed by atoms with van der Waals surface area (Å²) in [6.07, 6.45) is 2.08. The molecule has 0 spiro atoms. The number of rotatable bonds is 5. The number of carboxylic acids is 1. The Morgan fingerprint density at radius 2 is 2.18 bits per heavy atom. The fraction of sp³-hybridized carbons (Fsp3) is 0.500. The molecule has 0 aliphatic carbocycles. The summed E-state index contributed by atoms with van der Waals surface area (Å²) in [7, 11) is 0. The SMILES string of the molecule is Cc1ccnc(NC(C)(C)CCO)c1C(=O)O. The van der Waals surface area contributed by atoms with Gasteiger partial charge < -0.3 is 15.5 Å². The van der Waals surface area contributed by atoms with Gasteiger partial charge in [-0.15, -0.1) is 0 Å². The molecule has 0 amide bonds. The number of aromatic carboxylic acids is 1. The van der Waals surface area contributed by atoms with E-state index in [1.165, 1.54) is 0 Å². The maximum atomic E-state index is 11.2. The van der Waals surface area contributed by atoms with Crippen LogP contribution in [0.15, 0.2) is 12.3 Å². The number of anilines is 1. The second-order valence-electron chi connectivity index (χ2n) is 4.64.